The molecule has 0 saturated carbocycles. The second kappa shape index (κ2) is 6.64. The van der Waals surface area contributed by atoms with Crippen molar-refractivity contribution in [1.82, 2.24) is 24.8 Å². The van der Waals surface area contributed by atoms with Crippen LogP contribution in [0.4, 0.5) is 10.2 Å². The molecule has 0 aliphatic heterocycles. The van der Waals surface area contributed by atoms with Crippen molar-refractivity contribution in [2.75, 3.05) is 11.9 Å². The topological polar surface area (TPSA) is 68.0 Å². The number of fused-ring (bicyclic) bond motifs is 1. The standard InChI is InChI=1S/C18H15FN6/c19-14-6-7-15(21-12-14)18-23-22-17-9-8-16(24-25(17)18)20-11-10-13-4-2-1-3-5-13/h1-9,12H,10-11H2,(H,20,24). The van der Waals surface area contributed by atoms with E-state index in [0.29, 0.717) is 23.0 Å². The van der Waals surface area contributed by atoms with Crippen LogP contribution in [0.5, 0.6) is 0 Å². The van der Waals surface area contributed by atoms with Crippen LogP contribution in [0.15, 0.2) is 60.8 Å². The first kappa shape index (κ1) is 15.2. The zero-order chi connectivity index (χ0) is 17.1. The molecule has 1 N–H and O–H groups in total. The number of benzene rings is 1. The van der Waals surface area contributed by atoms with Gasteiger partial charge < -0.3 is 5.32 Å². The molecule has 1 aromatic carbocycles. The smallest absolute Gasteiger partial charge is 0.203 e. The summed E-state index contributed by atoms with van der Waals surface area (Å²) in [5, 5.41) is 16.0. The number of halogens is 1. The quantitative estimate of drug-likeness (QED) is 0.608. The zero-order valence-electron chi connectivity index (χ0n) is 13.3. The van der Waals surface area contributed by atoms with Crippen molar-refractivity contribution >= 4 is 11.5 Å². The summed E-state index contributed by atoms with van der Waals surface area (Å²) in [5.74, 6) is 0.794. The molecule has 6 nitrogen and oxygen atoms in total. The molecule has 0 saturated heterocycles. The van der Waals surface area contributed by atoms with E-state index in [1.807, 2.05) is 30.3 Å². The molecule has 3 heterocycles. The Bertz CT molecular complexity index is 982. The van der Waals surface area contributed by atoms with Gasteiger partial charge >= 0.3 is 0 Å². The summed E-state index contributed by atoms with van der Waals surface area (Å²) in [6, 6.07) is 16.8. The molecule has 124 valence electrons. The van der Waals surface area contributed by atoms with Crippen LogP contribution in [0.1, 0.15) is 5.56 Å². The predicted molar refractivity (Wildman–Crippen MR) is 92.6 cm³/mol. The molecule has 0 amide bonds. The molecule has 0 fully saturated rings. The van der Waals surface area contributed by atoms with Gasteiger partial charge in [0.25, 0.3) is 0 Å². The van der Waals surface area contributed by atoms with Gasteiger partial charge in [-0.3, -0.25) is 0 Å². The highest BCUT2D eigenvalue weighted by Crippen LogP contribution is 2.16. The molecular weight excluding hydrogens is 319 g/mol. The number of hydrogen-bond acceptors (Lipinski definition) is 5. The second-order valence-corrected chi connectivity index (χ2v) is 5.54. The Morgan fingerprint density at radius 2 is 1.84 bits per heavy atom. The van der Waals surface area contributed by atoms with E-state index in [2.05, 4.69) is 37.7 Å². The summed E-state index contributed by atoms with van der Waals surface area (Å²) < 4.78 is 14.7. The molecule has 0 spiro atoms. The van der Waals surface area contributed by atoms with Crippen LogP contribution < -0.4 is 5.32 Å². The van der Waals surface area contributed by atoms with Gasteiger partial charge in [-0.25, -0.2) is 9.37 Å². The van der Waals surface area contributed by atoms with Crippen LogP contribution in [-0.4, -0.2) is 31.3 Å². The maximum Gasteiger partial charge on any atom is 0.203 e. The van der Waals surface area contributed by atoms with E-state index in [-0.39, 0.29) is 0 Å². The molecule has 0 unspecified atom stereocenters. The minimum absolute atomic E-state index is 0.395. The molecule has 0 atom stereocenters. The third-order valence-corrected chi connectivity index (χ3v) is 3.78. The van der Waals surface area contributed by atoms with E-state index < -0.39 is 5.82 Å². The zero-order valence-corrected chi connectivity index (χ0v) is 13.3. The van der Waals surface area contributed by atoms with Crippen LogP contribution >= 0.6 is 0 Å². The maximum absolute atomic E-state index is 13.1. The largest absolute Gasteiger partial charge is 0.368 e. The van der Waals surface area contributed by atoms with Crippen LogP contribution in [0.3, 0.4) is 0 Å². The van der Waals surface area contributed by atoms with E-state index in [4.69, 9.17) is 0 Å². The molecule has 7 heteroatoms. The molecule has 0 aliphatic carbocycles. The van der Waals surface area contributed by atoms with Gasteiger partial charge in [-0.1, -0.05) is 30.3 Å². The lowest BCUT2D eigenvalue weighted by Crippen LogP contribution is -2.08. The summed E-state index contributed by atoms with van der Waals surface area (Å²) in [6.45, 7) is 0.759. The monoisotopic (exact) mass is 334 g/mol. The fraction of sp³-hybridized carbons (Fsp3) is 0.111. The van der Waals surface area contributed by atoms with E-state index in [9.17, 15) is 4.39 Å². The number of hydrogen-bond donors (Lipinski definition) is 1. The van der Waals surface area contributed by atoms with Crippen LogP contribution in [-0.2, 0) is 6.42 Å². The van der Waals surface area contributed by atoms with Gasteiger partial charge in [-0.15, -0.1) is 15.3 Å². The Morgan fingerprint density at radius 3 is 2.64 bits per heavy atom. The number of nitrogens with zero attached hydrogens (tertiary/aromatic N) is 5. The molecule has 0 aliphatic rings. The summed E-state index contributed by atoms with van der Waals surface area (Å²) in [5.41, 5.74) is 2.38. The highest BCUT2D eigenvalue weighted by atomic mass is 19.1. The lowest BCUT2D eigenvalue weighted by Gasteiger charge is -2.06. The number of nitrogens with one attached hydrogen (secondary N) is 1. The lowest BCUT2D eigenvalue weighted by atomic mass is 10.1. The maximum atomic E-state index is 13.1. The van der Waals surface area contributed by atoms with Crippen molar-refractivity contribution in [2.45, 2.75) is 6.42 Å². The van der Waals surface area contributed by atoms with Gasteiger partial charge in [-0.2, -0.15) is 4.52 Å². The van der Waals surface area contributed by atoms with Crippen molar-refractivity contribution in [3.8, 4) is 11.5 Å². The third-order valence-electron chi connectivity index (χ3n) is 3.78. The van der Waals surface area contributed by atoms with Crippen molar-refractivity contribution < 1.29 is 4.39 Å². The van der Waals surface area contributed by atoms with Gasteiger partial charge in [0.1, 0.15) is 17.3 Å². The third kappa shape index (κ3) is 3.30. The molecule has 0 bridgehead atoms. The highest BCUT2D eigenvalue weighted by Gasteiger charge is 2.11. The minimum Gasteiger partial charge on any atom is -0.368 e. The Balaban J connectivity index is 1.55. The first-order valence-corrected chi connectivity index (χ1v) is 7.92. The number of pyridine rings is 1. The van der Waals surface area contributed by atoms with E-state index in [0.717, 1.165) is 19.2 Å². The number of anilines is 1. The van der Waals surface area contributed by atoms with Crippen LogP contribution in [0.25, 0.3) is 17.2 Å². The number of aromatic nitrogens is 5. The average Bonchev–Trinajstić information content (AvgIpc) is 3.07. The summed E-state index contributed by atoms with van der Waals surface area (Å²) >= 11 is 0. The van der Waals surface area contributed by atoms with Crippen molar-refractivity contribution in [2.24, 2.45) is 0 Å². The molecule has 4 aromatic rings. The van der Waals surface area contributed by atoms with Crippen molar-refractivity contribution in [1.29, 1.82) is 0 Å². The molecule has 25 heavy (non-hydrogen) atoms. The van der Waals surface area contributed by atoms with Gasteiger partial charge in [0.15, 0.2) is 5.65 Å². The Hall–Kier alpha value is -3.35. The van der Waals surface area contributed by atoms with E-state index in [1.54, 1.807) is 10.6 Å². The Labute approximate surface area is 143 Å². The molecule has 0 radical (unpaired) electrons. The minimum atomic E-state index is -0.395. The summed E-state index contributed by atoms with van der Waals surface area (Å²) in [6.07, 6.45) is 2.05. The number of rotatable bonds is 5. The average molecular weight is 334 g/mol. The predicted octanol–water partition coefficient (Wildman–Crippen LogP) is 2.98. The molecule has 4 rings (SSSR count). The molecular formula is C18H15FN6. The van der Waals surface area contributed by atoms with Gasteiger partial charge in [-0.05, 0) is 36.2 Å². The first-order chi connectivity index (χ1) is 12.3. The van der Waals surface area contributed by atoms with E-state index in [1.165, 1.54) is 11.6 Å². The first-order valence-electron chi connectivity index (χ1n) is 7.92. The summed E-state index contributed by atoms with van der Waals surface area (Å²) in [7, 11) is 0. The second-order valence-electron chi connectivity index (χ2n) is 5.54. The van der Waals surface area contributed by atoms with Gasteiger partial charge in [0.05, 0.1) is 6.20 Å². The summed E-state index contributed by atoms with van der Waals surface area (Å²) in [4.78, 5) is 4.04. The van der Waals surface area contributed by atoms with Crippen LogP contribution in [0, 0.1) is 5.82 Å². The van der Waals surface area contributed by atoms with Gasteiger partial charge in [0.2, 0.25) is 5.82 Å². The fourth-order valence-electron chi connectivity index (χ4n) is 2.53. The van der Waals surface area contributed by atoms with E-state index >= 15 is 0 Å². The van der Waals surface area contributed by atoms with Crippen molar-refractivity contribution in [3.63, 3.8) is 0 Å². The molecule has 3 aromatic heterocycles. The Morgan fingerprint density at radius 1 is 0.960 bits per heavy atom. The van der Waals surface area contributed by atoms with Crippen molar-refractivity contribution in [3.05, 3.63) is 72.2 Å². The fourth-order valence-corrected chi connectivity index (χ4v) is 2.53. The lowest BCUT2D eigenvalue weighted by molar-refractivity contribution is 0.621. The Kier molecular flexibility index (Phi) is 4.04. The van der Waals surface area contributed by atoms with Crippen LogP contribution in [0.2, 0.25) is 0 Å². The highest BCUT2D eigenvalue weighted by molar-refractivity contribution is 5.55. The van der Waals surface area contributed by atoms with Gasteiger partial charge in [0, 0.05) is 6.54 Å². The normalized spacial score (nSPS) is 10.9. The SMILES string of the molecule is Fc1ccc(-c2nnc3ccc(NCCc4ccccc4)nn23)nc1.